The summed E-state index contributed by atoms with van der Waals surface area (Å²) in [5, 5.41) is 75.7. The summed E-state index contributed by atoms with van der Waals surface area (Å²) in [6.07, 6.45) is -0.626. The molecule has 0 bridgehead atoms. The molecule has 0 aliphatic heterocycles. The molecule has 0 aromatic heterocycles. The van der Waals surface area contributed by atoms with Crippen LogP contribution in [0.2, 0.25) is 0 Å². The number of hydrogen-bond acceptors (Lipinski definition) is 18. The second-order valence-electron chi connectivity index (χ2n) is 22.0. The van der Waals surface area contributed by atoms with E-state index in [-0.39, 0.29) is 93.4 Å². The molecule has 31 nitrogen and oxygen atoms in total. The zero-order chi connectivity index (χ0) is 70.1. The molecule has 95 heavy (non-hydrogen) atoms. The van der Waals surface area contributed by atoms with Crippen molar-refractivity contribution in [2.24, 2.45) is 17.2 Å². The van der Waals surface area contributed by atoms with Crippen LogP contribution in [0.1, 0.15) is 61.8 Å². The molecule has 514 valence electrons. The number of amides is 11. The normalized spacial score (nSPS) is 14.0. The van der Waals surface area contributed by atoms with E-state index in [0.29, 0.717) is 22.3 Å². The van der Waals surface area contributed by atoms with Gasteiger partial charge in [0.1, 0.15) is 71.9 Å². The van der Waals surface area contributed by atoms with Gasteiger partial charge in [0.2, 0.25) is 65.0 Å². The van der Waals surface area contributed by atoms with Crippen molar-refractivity contribution in [3.63, 3.8) is 0 Å². The van der Waals surface area contributed by atoms with Gasteiger partial charge in [0, 0.05) is 57.2 Å². The van der Waals surface area contributed by atoms with E-state index in [2.05, 4.69) is 89.1 Å². The van der Waals surface area contributed by atoms with Crippen molar-refractivity contribution in [2.75, 3.05) is 31.2 Å². The number of thiol groups is 2. The number of aromatic hydroxyl groups is 2. The number of aliphatic hydroxyl groups excluding tert-OH is 1. The number of aliphatic hydroxyl groups is 1. The fraction of sp³-hybridized carbons (Fsp3) is 0.403. The number of primary amides is 1. The van der Waals surface area contributed by atoms with Crippen LogP contribution in [0, 0.1) is 10.8 Å². The lowest BCUT2D eigenvalue weighted by atomic mass is 10.0. The highest BCUT2D eigenvalue weighted by molar-refractivity contribution is 7.80. The number of carbonyl (C=O) groups is 11. The fourth-order valence-corrected chi connectivity index (χ4v) is 9.81. The lowest BCUT2D eigenvalue weighted by Crippen LogP contribution is -2.61. The Bertz CT molecular complexity index is 3270. The highest BCUT2D eigenvalue weighted by Gasteiger charge is 2.36. The minimum atomic E-state index is -1.76. The van der Waals surface area contributed by atoms with Crippen molar-refractivity contribution in [3.05, 3.63) is 131 Å². The Labute approximate surface area is 559 Å². The van der Waals surface area contributed by atoms with Crippen LogP contribution in [0.4, 0.5) is 0 Å². The van der Waals surface area contributed by atoms with E-state index in [4.69, 9.17) is 28.0 Å². The largest absolute Gasteiger partial charge is 0.508 e. The molecule has 4 aromatic rings. The third-order valence-electron chi connectivity index (χ3n) is 14.4. The highest BCUT2D eigenvalue weighted by Crippen LogP contribution is 2.15. The van der Waals surface area contributed by atoms with E-state index >= 15 is 0 Å². The molecule has 0 saturated carbocycles. The van der Waals surface area contributed by atoms with Gasteiger partial charge in [-0.2, -0.15) is 25.3 Å². The lowest BCUT2D eigenvalue weighted by Gasteiger charge is -2.28. The van der Waals surface area contributed by atoms with E-state index in [0.717, 1.165) is 0 Å². The predicted octanol–water partition coefficient (Wildman–Crippen LogP) is -3.88. The van der Waals surface area contributed by atoms with E-state index < -0.39 is 138 Å². The van der Waals surface area contributed by atoms with Crippen molar-refractivity contribution in [2.45, 2.75) is 126 Å². The summed E-state index contributed by atoms with van der Waals surface area (Å²) in [6.45, 7) is 1.48. The minimum absolute atomic E-state index is 0.0171. The van der Waals surface area contributed by atoms with Crippen molar-refractivity contribution >= 4 is 102 Å². The van der Waals surface area contributed by atoms with Crippen LogP contribution in [0.25, 0.3) is 0 Å². The minimum Gasteiger partial charge on any atom is -0.508 e. The van der Waals surface area contributed by atoms with Crippen LogP contribution in [0.15, 0.2) is 109 Å². The van der Waals surface area contributed by atoms with E-state index in [1.165, 1.54) is 50.2 Å². The van der Waals surface area contributed by atoms with Crippen molar-refractivity contribution < 1.29 is 68.1 Å². The van der Waals surface area contributed by atoms with Crippen LogP contribution in [-0.4, -0.2) is 184 Å². The molecule has 23 N–H and O–H groups in total. The van der Waals surface area contributed by atoms with Crippen molar-refractivity contribution in [3.8, 4) is 11.5 Å². The number of rotatable bonds is 39. The molecular formula is C62H85N17O14S2. The van der Waals surface area contributed by atoms with Gasteiger partial charge in [-0.3, -0.25) is 63.6 Å². The summed E-state index contributed by atoms with van der Waals surface area (Å²) in [5.74, 6) is -11.2. The summed E-state index contributed by atoms with van der Waals surface area (Å²) >= 11 is 8.46. The molecular weight excluding hydrogens is 1270 g/mol. The summed E-state index contributed by atoms with van der Waals surface area (Å²) in [7, 11) is 0. The zero-order valence-electron chi connectivity index (χ0n) is 52.3. The second kappa shape index (κ2) is 40.1. The first-order valence-corrected chi connectivity index (χ1v) is 31.4. The van der Waals surface area contributed by atoms with Crippen LogP contribution < -0.4 is 81.0 Å². The monoisotopic (exact) mass is 1360 g/mol. The number of carbonyl (C=O) groups excluding carboxylic acids is 11. The Morgan fingerprint density at radius 2 is 0.695 bits per heavy atom. The first kappa shape index (κ1) is 77.3. The molecule has 0 unspecified atom stereocenters. The Kier molecular flexibility index (Phi) is 32.6. The molecule has 4 rings (SSSR count). The maximum atomic E-state index is 14.9. The Morgan fingerprint density at radius 1 is 0.400 bits per heavy atom. The molecule has 10 atom stereocenters. The maximum absolute atomic E-state index is 14.9. The van der Waals surface area contributed by atoms with Crippen molar-refractivity contribution in [1.82, 2.24) is 63.8 Å². The summed E-state index contributed by atoms with van der Waals surface area (Å²) < 4.78 is 0. The van der Waals surface area contributed by atoms with Gasteiger partial charge in [-0.15, -0.1) is 0 Å². The van der Waals surface area contributed by atoms with Crippen LogP contribution in [0.5, 0.6) is 11.5 Å². The maximum Gasteiger partial charge on any atom is 0.245 e. The lowest BCUT2D eigenvalue weighted by molar-refractivity contribution is -0.136. The van der Waals surface area contributed by atoms with Gasteiger partial charge in [0.15, 0.2) is 11.9 Å². The van der Waals surface area contributed by atoms with Gasteiger partial charge in [-0.25, -0.2) is 0 Å². The highest BCUT2D eigenvalue weighted by atomic mass is 32.1. The third kappa shape index (κ3) is 27.9. The molecule has 0 fully saturated rings. The molecule has 11 amide bonds. The average Bonchev–Trinajstić information content (AvgIpc) is 1.39. The second-order valence-corrected chi connectivity index (χ2v) is 22.7. The standard InChI is InChI=1S/C62H85N17O14S2/c1-34(52(85)78-49(32-94)60(93)74-44(51(63)84)27-38-17-21-40(82)22-18-38)70-58(91)48(31-80)77-54(87)43(16-10-26-69-62(66)67)72-56(89)46(28-36-11-5-3-6-12-36)76-57(90)47(29-37-13-7-4-8-14-37)75-53(86)42(15-9-25-68-61(64)65)73-59(92)50(33-95)79-55(88)45(71-35(2)81)30-39-19-23-41(83)24-20-39/h3-8,11-14,17-24,34,42-50,80,82-83,94-95H,9-10,15-16,25-33H2,1-2H3,(H2,63,84)(H,70,91)(H,71,81)(H,72,89)(H,73,92)(H,74,93)(H,75,86)(H,76,90)(H,77,87)(H,78,85)(H,79,88)(H4,64,65,68)(H4,66,67,69)/t34-,42-,43-,44-,45-,46-,47-,48-,49-,50-/m0/s1. The molecule has 0 spiro atoms. The summed E-state index contributed by atoms with van der Waals surface area (Å²) in [6, 6.07) is 14.2. The predicted molar refractivity (Wildman–Crippen MR) is 357 cm³/mol. The number of benzene rings is 4. The number of nitrogens with two attached hydrogens (primary N) is 3. The molecule has 33 heteroatoms. The SMILES string of the molecule is CC(=O)N[C@@H](Cc1ccc(O)cc1)C(=O)N[C@@H](CS)C(=O)N[C@@H](CCCNC(=N)N)C(=O)N[C@@H](Cc1ccccc1)C(=O)N[C@@H](Cc1ccccc1)C(=O)N[C@@H](CCCNC(=N)N)C(=O)N[C@@H](CO)C(=O)N[C@@H](C)C(=O)N[C@@H](CS)C(=O)N[C@@H](Cc1ccc(O)cc1)C(N)=O. The van der Waals surface area contributed by atoms with Gasteiger partial charge >= 0.3 is 0 Å². The van der Waals surface area contributed by atoms with Gasteiger partial charge < -0.3 is 96.3 Å². The van der Waals surface area contributed by atoms with Crippen molar-refractivity contribution in [1.29, 1.82) is 10.8 Å². The molecule has 4 aromatic carbocycles. The number of phenols is 2. The summed E-state index contributed by atoms with van der Waals surface area (Å²) in [4.78, 5) is 151. The van der Waals surface area contributed by atoms with E-state index in [9.17, 15) is 68.1 Å². The number of nitrogens with one attached hydrogen (secondary N) is 14. The fourth-order valence-electron chi connectivity index (χ4n) is 9.29. The number of phenolic OH excluding ortho intramolecular Hbond substituents is 2. The first-order valence-electron chi connectivity index (χ1n) is 30.1. The smallest absolute Gasteiger partial charge is 0.245 e. The van der Waals surface area contributed by atoms with Crippen LogP contribution in [0.3, 0.4) is 0 Å². The third-order valence-corrected chi connectivity index (χ3v) is 15.1. The van der Waals surface area contributed by atoms with Crippen LogP contribution in [-0.2, 0) is 78.4 Å². The molecule has 0 aliphatic rings. The average molecular weight is 1360 g/mol. The molecule has 0 aliphatic carbocycles. The van der Waals surface area contributed by atoms with Gasteiger partial charge in [-0.05, 0) is 79.1 Å². The van der Waals surface area contributed by atoms with Gasteiger partial charge in [-0.1, -0.05) is 84.9 Å². The number of hydrogen-bond donors (Lipinski definition) is 22. The quantitative estimate of drug-likeness (QED) is 0.00879. The molecule has 0 heterocycles. The Balaban J connectivity index is 1.58. The molecule has 0 radical (unpaired) electrons. The first-order chi connectivity index (χ1) is 45.2. The summed E-state index contributed by atoms with van der Waals surface area (Å²) in [5.41, 5.74) is 18.7. The molecule has 0 saturated heterocycles. The Morgan fingerprint density at radius 3 is 1.05 bits per heavy atom. The topological polar surface area (TPSA) is 519 Å². The number of guanidine groups is 2. The van der Waals surface area contributed by atoms with Gasteiger partial charge in [0.05, 0.1) is 6.61 Å². The van der Waals surface area contributed by atoms with Crippen LogP contribution >= 0.6 is 25.3 Å². The van der Waals surface area contributed by atoms with E-state index in [1.807, 2.05) is 0 Å². The van der Waals surface area contributed by atoms with Gasteiger partial charge in [0.25, 0.3) is 0 Å². The van der Waals surface area contributed by atoms with E-state index in [1.54, 1.807) is 72.8 Å². The zero-order valence-corrected chi connectivity index (χ0v) is 54.1. The Hall–Kier alpha value is -10.2.